The van der Waals surface area contributed by atoms with E-state index in [1.165, 1.54) is 60.4 Å². The Bertz CT molecular complexity index is 2800. The molecule has 9 atom stereocenters. The lowest BCUT2D eigenvalue weighted by molar-refractivity contribution is -0.143. The Hall–Kier alpha value is -9.69. The van der Waals surface area contributed by atoms with Crippen LogP contribution in [0.2, 0.25) is 0 Å². The van der Waals surface area contributed by atoms with E-state index in [0.717, 1.165) is 0 Å². The third-order valence-corrected chi connectivity index (χ3v) is 14.0. The highest BCUT2D eigenvalue weighted by atomic mass is 16.3. The van der Waals surface area contributed by atoms with E-state index in [2.05, 4.69) is 57.2 Å². The number of carbonyl (C=O) groups excluding carboxylic acids is 9. The quantitative estimate of drug-likeness (QED) is 0.0169. The van der Waals surface area contributed by atoms with E-state index in [9.17, 15) is 53.4 Å². The summed E-state index contributed by atoms with van der Waals surface area (Å²) in [5.74, 6) is -8.22. The van der Waals surface area contributed by atoms with Crippen molar-refractivity contribution < 1.29 is 53.4 Å². The highest BCUT2D eigenvalue weighted by Gasteiger charge is 2.41. The molecule has 0 aromatic heterocycles. The van der Waals surface area contributed by atoms with Crippen LogP contribution in [0.3, 0.4) is 0 Å². The first kappa shape index (κ1) is 73.6. The summed E-state index contributed by atoms with van der Waals surface area (Å²) in [5, 5.41) is 38.8. The normalized spacial score (nSPS) is 15.3. The van der Waals surface area contributed by atoms with Crippen LogP contribution in [0.5, 0.6) is 11.5 Å². The largest absolute Gasteiger partial charge is 0.508 e. The number of benzene rings is 2. The number of carbonyl (C=O) groups is 9. The van der Waals surface area contributed by atoms with Crippen molar-refractivity contribution in [1.29, 1.82) is 0 Å². The number of amides is 9. The van der Waals surface area contributed by atoms with Gasteiger partial charge in [0.1, 0.15) is 59.8 Å². The number of rotatable bonds is 38. The first-order chi connectivity index (χ1) is 42.0. The average molecular weight is 1250 g/mol. The van der Waals surface area contributed by atoms with Gasteiger partial charge in [0.25, 0.3) is 0 Å². The van der Waals surface area contributed by atoms with Gasteiger partial charge in [0, 0.05) is 45.6 Å². The second-order valence-electron chi connectivity index (χ2n) is 22.0. The maximum Gasteiger partial charge on any atom is 0.245 e. The predicted octanol–water partition coefficient (Wildman–Crippen LogP) is -5.64. The molecule has 89 heavy (non-hydrogen) atoms. The van der Waals surface area contributed by atoms with Crippen molar-refractivity contribution in [3.8, 4) is 11.5 Å². The van der Waals surface area contributed by atoms with Crippen LogP contribution in [0.1, 0.15) is 103 Å². The molecular weight excluding hydrogens is 1160 g/mol. The Morgan fingerprint density at radius 3 is 1.22 bits per heavy atom. The van der Waals surface area contributed by atoms with Gasteiger partial charge in [0.15, 0.2) is 23.8 Å². The van der Waals surface area contributed by atoms with Crippen molar-refractivity contribution in [2.24, 2.45) is 83.2 Å². The van der Waals surface area contributed by atoms with Gasteiger partial charge < -0.3 is 110 Å². The van der Waals surface area contributed by atoms with Crippen molar-refractivity contribution in [3.05, 3.63) is 59.7 Å². The number of nitrogens with zero attached hydrogens (tertiary/aromatic N) is 5. The number of aliphatic imine (C=N–C) groups is 4. The molecule has 33 nitrogen and oxygen atoms in total. The highest BCUT2D eigenvalue weighted by Crippen LogP contribution is 2.22. The summed E-state index contributed by atoms with van der Waals surface area (Å²) in [7, 11) is 0. The molecule has 33 heteroatoms. The lowest BCUT2D eigenvalue weighted by Crippen LogP contribution is -2.60. The number of primary amides is 1. The third-order valence-electron chi connectivity index (χ3n) is 14.0. The molecule has 0 radical (unpaired) electrons. The molecule has 1 saturated heterocycles. The van der Waals surface area contributed by atoms with E-state index in [0.29, 0.717) is 24.0 Å². The summed E-state index contributed by atoms with van der Waals surface area (Å²) in [5.41, 5.74) is 56.7. The van der Waals surface area contributed by atoms with E-state index < -0.39 is 108 Å². The minimum absolute atomic E-state index is 0.0194. The Kier molecular flexibility index (Phi) is 31.2. The Labute approximate surface area is 516 Å². The van der Waals surface area contributed by atoms with Crippen LogP contribution in [-0.2, 0) is 56.0 Å². The van der Waals surface area contributed by atoms with Gasteiger partial charge in [-0.25, -0.2) is 0 Å². The van der Waals surface area contributed by atoms with E-state index in [1.54, 1.807) is 13.8 Å². The van der Waals surface area contributed by atoms with Crippen molar-refractivity contribution in [2.45, 2.75) is 159 Å². The predicted molar refractivity (Wildman–Crippen MR) is 334 cm³/mol. The fourth-order valence-electron chi connectivity index (χ4n) is 9.34. The van der Waals surface area contributed by atoms with Gasteiger partial charge in [-0.2, -0.15) is 0 Å². The lowest BCUT2D eigenvalue weighted by atomic mass is 9.99. The Balaban J connectivity index is 1.99. The monoisotopic (exact) mass is 1250 g/mol. The third kappa shape index (κ3) is 27.7. The smallest absolute Gasteiger partial charge is 0.245 e. The number of nitrogens with one attached hydrogen (secondary N) is 7. The van der Waals surface area contributed by atoms with E-state index in [-0.39, 0.29) is 145 Å². The second-order valence-corrected chi connectivity index (χ2v) is 22.0. The van der Waals surface area contributed by atoms with E-state index >= 15 is 0 Å². The number of guanidine groups is 4. The molecule has 492 valence electrons. The number of nitrogens with two attached hydrogens (primary N) is 10. The molecule has 0 bridgehead atoms. The summed E-state index contributed by atoms with van der Waals surface area (Å²) in [6.45, 7) is 5.37. The standard InChI is InChI=1S/C56H92N22O11/c1-30(2)27-42(52(89)78-26-8-13-43(78)51(88)74-39(12-7-25-70-56(65)66)48(85)75-40(49(86)71-31(3)44(58)81)28-32-14-18-34(79)19-15-32)77-50(87)41(29-33-16-20-35(80)21-17-33)76-47(84)38(11-6-24-69-55(63)64)73-46(83)37(10-5-23-68-54(61)62)72-45(82)36(57)9-4-22-67-53(59)60/h14-21,30-31,36-43,79-80H,4-13,22-29,57H2,1-3H3,(H2,58,81)(H,71,86)(H,72,82)(H,73,83)(H,74,88)(H,75,85)(H,76,84)(H,77,87)(H4,59,60,67)(H4,61,62,68)(H4,63,64,69)(H4,65,66,70)/t31-,36-,37-,38-,39-,40-,41-,42-,43-/m0/s1. The lowest BCUT2D eigenvalue weighted by Gasteiger charge is -2.32. The summed E-state index contributed by atoms with van der Waals surface area (Å²) >= 11 is 0. The minimum Gasteiger partial charge on any atom is -0.508 e. The van der Waals surface area contributed by atoms with E-state index in [4.69, 9.17) is 57.3 Å². The first-order valence-corrected chi connectivity index (χ1v) is 29.3. The molecule has 1 heterocycles. The number of hydrogen-bond donors (Lipinski definition) is 19. The average Bonchev–Trinajstić information content (AvgIpc) is 2.52. The molecule has 0 aliphatic carbocycles. The molecule has 1 aliphatic heterocycles. The maximum atomic E-state index is 14.9. The van der Waals surface area contributed by atoms with Gasteiger partial charge in [-0.05, 0) is 119 Å². The van der Waals surface area contributed by atoms with Gasteiger partial charge in [-0.3, -0.25) is 63.1 Å². The fraction of sp³-hybridized carbons (Fsp3) is 0.554. The molecular formula is C56H92N22O11. The molecule has 2 aromatic carbocycles. The van der Waals surface area contributed by atoms with Crippen LogP contribution in [0, 0.1) is 5.92 Å². The molecule has 3 rings (SSSR count). The van der Waals surface area contributed by atoms with Crippen molar-refractivity contribution in [1.82, 2.24) is 42.1 Å². The molecule has 0 spiro atoms. The molecule has 1 aliphatic rings. The first-order valence-electron chi connectivity index (χ1n) is 29.3. The van der Waals surface area contributed by atoms with Gasteiger partial charge in [-0.15, -0.1) is 0 Å². The molecule has 29 N–H and O–H groups in total. The van der Waals surface area contributed by atoms with Gasteiger partial charge >= 0.3 is 0 Å². The molecule has 1 fully saturated rings. The Morgan fingerprint density at radius 2 is 0.831 bits per heavy atom. The highest BCUT2D eigenvalue weighted by molar-refractivity contribution is 5.98. The van der Waals surface area contributed by atoms with Crippen molar-refractivity contribution in [3.63, 3.8) is 0 Å². The second kappa shape index (κ2) is 37.8. The molecule has 0 unspecified atom stereocenters. The number of phenols is 2. The number of phenolic OH excluding ortho intramolecular Hbond substituents is 2. The SMILES string of the molecule is CC(C)C[C@H](NC(=O)[C@H](Cc1ccc(O)cc1)NC(=O)[C@H](CCCN=C(N)N)NC(=O)[C@H](CCCN=C(N)N)NC(=O)[C@@H](N)CCCN=C(N)N)C(=O)N1CCC[C@H]1C(=O)N[C@@H](CCCN=C(N)N)C(=O)N[C@@H](Cc1ccc(O)cc1)C(=O)N[C@@H](C)C(N)=O. The van der Waals surface area contributed by atoms with Crippen LogP contribution >= 0.6 is 0 Å². The van der Waals surface area contributed by atoms with E-state index in [1.807, 2.05) is 0 Å². The van der Waals surface area contributed by atoms with Crippen LogP contribution in [0.15, 0.2) is 68.5 Å². The van der Waals surface area contributed by atoms with Gasteiger partial charge in [0.2, 0.25) is 53.2 Å². The molecule has 9 amide bonds. The van der Waals surface area contributed by atoms with Gasteiger partial charge in [-0.1, -0.05) is 38.1 Å². The number of likely N-dealkylation sites (tertiary alicyclic amines) is 1. The van der Waals surface area contributed by atoms with Crippen LogP contribution in [0.4, 0.5) is 0 Å². The topological polar surface area (TPSA) is 591 Å². The van der Waals surface area contributed by atoms with Crippen molar-refractivity contribution >= 4 is 77.0 Å². The zero-order valence-electron chi connectivity index (χ0n) is 50.7. The molecule has 0 saturated carbocycles. The van der Waals surface area contributed by atoms with Crippen LogP contribution in [0.25, 0.3) is 0 Å². The maximum absolute atomic E-state index is 14.9. The molecule has 2 aromatic rings. The minimum atomic E-state index is -1.46. The Morgan fingerprint density at radius 1 is 0.483 bits per heavy atom. The summed E-state index contributed by atoms with van der Waals surface area (Å²) in [6.07, 6.45) is 0.983. The fourth-order valence-corrected chi connectivity index (χ4v) is 9.34. The zero-order valence-corrected chi connectivity index (χ0v) is 50.7. The summed E-state index contributed by atoms with van der Waals surface area (Å²) in [6, 6.07) is 0.115. The number of aromatic hydroxyl groups is 2. The number of hydrogen-bond acceptors (Lipinski definition) is 16. The summed E-state index contributed by atoms with van der Waals surface area (Å²) in [4.78, 5) is 143. The zero-order chi connectivity index (χ0) is 66.3. The van der Waals surface area contributed by atoms with Crippen LogP contribution in [-0.4, -0.2) is 179 Å². The van der Waals surface area contributed by atoms with Crippen LogP contribution < -0.4 is 94.6 Å². The summed E-state index contributed by atoms with van der Waals surface area (Å²) < 4.78 is 0. The van der Waals surface area contributed by atoms with Gasteiger partial charge in [0.05, 0.1) is 6.04 Å². The van der Waals surface area contributed by atoms with Crippen molar-refractivity contribution in [2.75, 3.05) is 32.7 Å².